The number of rotatable bonds is 4. The second-order valence-electron chi connectivity index (χ2n) is 6.82. The average molecular weight is 381 g/mol. The van der Waals surface area contributed by atoms with Gasteiger partial charge < -0.3 is 5.32 Å². The van der Waals surface area contributed by atoms with Crippen LogP contribution in [0.15, 0.2) is 60.7 Å². The van der Waals surface area contributed by atoms with Crippen molar-refractivity contribution in [2.24, 2.45) is 7.05 Å². The van der Waals surface area contributed by atoms with Gasteiger partial charge in [0.05, 0.1) is 34.0 Å². The number of pyridine rings is 1. The van der Waals surface area contributed by atoms with Gasteiger partial charge in [-0.2, -0.15) is 10.4 Å². The molecule has 6 heteroatoms. The van der Waals surface area contributed by atoms with Gasteiger partial charge >= 0.3 is 0 Å². The Kier molecular flexibility index (Phi) is 4.80. The fourth-order valence-electron chi connectivity index (χ4n) is 3.41. The monoisotopic (exact) mass is 381 g/mol. The third kappa shape index (κ3) is 3.58. The van der Waals surface area contributed by atoms with Crippen LogP contribution in [-0.4, -0.2) is 20.7 Å². The number of carbonyl (C=O) groups excluding carboxylic acids is 1. The van der Waals surface area contributed by atoms with Gasteiger partial charge in [-0.25, -0.2) is 4.98 Å². The van der Waals surface area contributed by atoms with Crippen LogP contribution in [0.2, 0.25) is 0 Å². The van der Waals surface area contributed by atoms with E-state index in [1.165, 1.54) is 0 Å². The fraction of sp³-hybridized carbons (Fsp3) is 0.130. The first kappa shape index (κ1) is 18.4. The van der Waals surface area contributed by atoms with Crippen LogP contribution in [0.1, 0.15) is 27.2 Å². The van der Waals surface area contributed by atoms with Gasteiger partial charge in [0.1, 0.15) is 0 Å². The lowest BCUT2D eigenvalue weighted by Crippen LogP contribution is -2.23. The topological polar surface area (TPSA) is 83.6 Å². The lowest BCUT2D eigenvalue weighted by Gasteiger charge is -2.10. The molecule has 0 aliphatic heterocycles. The maximum Gasteiger partial charge on any atom is 0.252 e. The molecule has 2 aromatic heterocycles. The van der Waals surface area contributed by atoms with Gasteiger partial charge in [0.25, 0.3) is 5.91 Å². The van der Waals surface area contributed by atoms with Crippen molar-refractivity contribution in [3.05, 3.63) is 83.0 Å². The number of aromatic nitrogens is 3. The quantitative estimate of drug-likeness (QED) is 0.584. The highest BCUT2D eigenvalue weighted by molar-refractivity contribution is 6.07. The number of benzene rings is 2. The molecule has 0 atom stereocenters. The van der Waals surface area contributed by atoms with Crippen LogP contribution < -0.4 is 5.32 Å². The highest BCUT2D eigenvalue weighted by Crippen LogP contribution is 2.26. The molecule has 0 saturated heterocycles. The number of nitrogens with one attached hydrogen (secondary N) is 1. The largest absolute Gasteiger partial charge is 0.348 e. The molecule has 4 aromatic rings. The number of hydrogen-bond acceptors (Lipinski definition) is 4. The summed E-state index contributed by atoms with van der Waals surface area (Å²) in [4.78, 5) is 17.8. The molecule has 1 amide bonds. The second kappa shape index (κ2) is 7.56. The van der Waals surface area contributed by atoms with Gasteiger partial charge in [-0.3, -0.25) is 9.48 Å². The summed E-state index contributed by atoms with van der Waals surface area (Å²) in [6.07, 6.45) is 0. The Morgan fingerprint density at radius 3 is 2.69 bits per heavy atom. The van der Waals surface area contributed by atoms with Crippen LogP contribution >= 0.6 is 0 Å². The Balaban J connectivity index is 1.73. The normalized spacial score (nSPS) is 10.7. The van der Waals surface area contributed by atoms with Crippen LogP contribution in [0.4, 0.5) is 0 Å². The molecule has 0 aliphatic carbocycles. The minimum absolute atomic E-state index is 0.201. The predicted octanol–water partition coefficient (Wildman–Crippen LogP) is 3.75. The smallest absolute Gasteiger partial charge is 0.252 e. The molecule has 2 aromatic carbocycles. The van der Waals surface area contributed by atoms with Gasteiger partial charge in [-0.1, -0.05) is 42.5 Å². The minimum Gasteiger partial charge on any atom is -0.348 e. The average Bonchev–Trinajstić information content (AvgIpc) is 3.05. The summed E-state index contributed by atoms with van der Waals surface area (Å²) in [7, 11) is 1.83. The van der Waals surface area contributed by atoms with E-state index in [0.29, 0.717) is 23.3 Å². The Bertz CT molecular complexity index is 1250. The molecule has 142 valence electrons. The van der Waals surface area contributed by atoms with E-state index in [1.54, 1.807) is 16.8 Å². The van der Waals surface area contributed by atoms with Crippen LogP contribution in [-0.2, 0) is 13.6 Å². The fourth-order valence-corrected chi connectivity index (χ4v) is 3.41. The van der Waals surface area contributed by atoms with Gasteiger partial charge in [-0.05, 0) is 30.7 Å². The van der Waals surface area contributed by atoms with E-state index >= 15 is 0 Å². The molecule has 0 spiro atoms. The molecule has 0 fully saturated rings. The van der Waals surface area contributed by atoms with Crippen molar-refractivity contribution in [2.75, 3.05) is 0 Å². The van der Waals surface area contributed by atoms with Gasteiger partial charge in [0, 0.05) is 19.2 Å². The van der Waals surface area contributed by atoms with Crippen molar-refractivity contribution in [3.63, 3.8) is 0 Å². The zero-order valence-electron chi connectivity index (χ0n) is 16.2. The number of nitrogens with zero attached hydrogens (tertiary/aromatic N) is 4. The van der Waals surface area contributed by atoms with E-state index in [0.717, 1.165) is 27.9 Å². The van der Waals surface area contributed by atoms with E-state index in [1.807, 2.05) is 62.5 Å². The van der Waals surface area contributed by atoms with Crippen molar-refractivity contribution in [1.29, 1.82) is 5.26 Å². The molecule has 29 heavy (non-hydrogen) atoms. The lowest BCUT2D eigenvalue weighted by molar-refractivity contribution is 0.0952. The number of nitriles is 1. The van der Waals surface area contributed by atoms with Gasteiger partial charge in [0.2, 0.25) is 0 Å². The first-order chi connectivity index (χ1) is 14.1. The summed E-state index contributed by atoms with van der Waals surface area (Å²) in [5.74, 6) is -0.201. The van der Waals surface area contributed by atoms with Gasteiger partial charge in [-0.15, -0.1) is 0 Å². The van der Waals surface area contributed by atoms with E-state index in [4.69, 9.17) is 10.2 Å². The Labute approximate surface area is 168 Å². The number of aryl methyl sites for hydroxylation is 2. The summed E-state index contributed by atoms with van der Waals surface area (Å²) in [6, 6.07) is 20.9. The number of fused-ring (bicyclic) bond motifs is 1. The number of amides is 1. The molecule has 4 rings (SSSR count). The van der Waals surface area contributed by atoms with Gasteiger partial charge in [0.15, 0.2) is 5.65 Å². The molecule has 1 N–H and O–H groups in total. The van der Waals surface area contributed by atoms with E-state index in [2.05, 4.69) is 16.5 Å². The molecule has 2 heterocycles. The zero-order chi connectivity index (χ0) is 20.4. The van der Waals surface area contributed by atoms with E-state index in [9.17, 15) is 4.79 Å². The molecule has 0 unspecified atom stereocenters. The summed E-state index contributed by atoms with van der Waals surface area (Å²) in [5, 5.41) is 17.2. The maximum absolute atomic E-state index is 13.1. The lowest BCUT2D eigenvalue weighted by atomic mass is 10.0. The van der Waals surface area contributed by atoms with Crippen molar-refractivity contribution >= 4 is 16.9 Å². The van der Waals surface area contributed by atoms with Crippen molar-refractivity contribution in [1.82, 2.24) is 20.1 Å². The molecule has 0 bridgehead atoms. The van der Waals surface area contributed by atoms with Crippen LogP contribution in [0.25, 0.3) is 22.3 Å². The van der Waals surface area contributed by atoms with Crippen LogP contribution in [0, 0.1) is 18.3 Å². The van der Waals surface area contributed by atoms with Crippen LogP contribution in [0.5, 0.6) is 0 Å². The molecule has 0 saturated carbocycles. The number of carbonyl (C=O) groups is 1. The highest BCUT2D eigenvalue weighted by atomic mass is 16.1. The summed E-state index contributed by atoms with van der Waals surface area (Å²) in [5.41, 5.74) is 5.05. The molecular formula is C23H19N5O. The summed E-state index contributed by atoms with van der Waals surface area (Å²) >= 11 is 0. The van der Waals surface area contributed by atoms with Crippen molar-refractivity contribution in [2.45, 2.75) is 13.5 Å². The Hall–Kier alpha value is -3.98. The first-order valence-corrected chi connectivity index (χ1v) is 9.24. The standard InChI is InChI=1S/C23H19N5O/c1-15-21-19(23(29)25-14-17-8-6-7-16(11-17)13-24)12-20(18-9-4-3-5-10-18)26-22(21)28(2)27-15/h3-12H,14H2,1-2H3,(H,25,29). The molecule has 0 aliphatic rings. The van der Waals surface area contributed by atoms with Crippen molar-refractivity contribution < 1.29 is 4.79 Å². The Morgan fingerprint density at radius 2 is 1.93 bits per heavy atom. The van der Waals surface area contributed by atoms with E-state index < -0.39 is 0 Å². The van der Waals surface area contributed by atoms with Crippen molar-refractivity contribution in [3.8, 4) is 17.3 Å². The maximum atomic E-state index is 13.1. The minimum atomic E-state index is -0.201. The third-order valence-electron chi connectivity index (χ3n) is 4.79. The zero-order valence-corrected chi connectivity index (χ0v) is 16.2. The van der Waals surface area contributed by atoms with Crippen LogP contribution in [0.3, 0.4) is 0 Å². The SMILES string of the molecule is Cc1nn(C)c2nc(-c3ccccc3)cc(C(=O)NCc3cccc(C#N)c3)c12. The third-order valence-corrected chi connectivity index (χ3v) is 4.79. The Morgan fingerprint density at radius 1 is 1.14 bits per heavy atom. The first-order valence-electron chi connectivity index (χ1n) is 9.24. The number of hydrogen-bond donors (Lipinski definition) is 1. The highest BCUT2D eigenvalue weighted by Gasteiger charge is 2.19. The molecular weight excluding hydrogens is 362 g/mol. The van der Waals surface area contributed by atoms with E-state index in [-0.39, 0.29) is 5.91 Å². The summed E-state index contributed by atoms with van der Waals surface area (Å²) < 4.78 is 1.70. The second-order valence-corrected chi connectivity index (χ2v) is 6.82. The predicted molar refractivity (Wildman–Crippen MR) is 111 cm³/mol. The summed E-state index contributed by atoms with van der Waals surface area (Å²) in [6.45, 7) is 2.21. The molecule has 6 nitrogen and oxygen atoms in total. The molecule has 0 radical (unpaired) electrons.